The number of hydrogen-bond acceptors (Lipinski definition) is 5. The maximum atomic E-state index is 13.2. The first-order valence-corrected chi connectivity index (χ1v) is 8.40. The van der Waals surface area contributed by atoms with Gasteiger partial charge in [0.15, 0.2) is 5.65 Å². The zero-order chi connectivity index (χ0) is 17.0. The van der Waals surface area contributed by atoms with Gasteiger partial charge in [-0.15, -0.1) is 0 Å². The van der Waals surface area contributed by atoms with Crippen LogP contribution in [0.25, 0.3) is 5.65 Å². The highest BCUT2D eigenvalue weighted by Crippen LogP contribution is 2.25. The molecule has 0 bridgehead atoms. The first-order valence-electron chi connectivity index (χ1n) is 8.40. The molecular formula is C17H23N5O2. The quantitative estimate of drug-likeness (QED) is 0.775. The molecule has 7 heteroatoms. The van der Waals surface area contributed by atoms with Crippen molar-refractivity contribution in [2.75, 3.05) is 33.3 Å². The molecule has 0 unspecified atom stereocenters. The summed E-state index contributed by atoms with van der Waals surface area (Å²) < 4.78 is 7.62. The summed E-state index contributed by atoms with van der Waals surface area (Å²) in [6.45, 7) is 8.78. The molecule has 2 fully saturated rings. The normalized spacial score (nSPS) is 24.6. The summed E-state index contributed by atoms with van der Waals surface area (Å²) in [6, 6.07) is 2.25. The minimum atomic E-state index is 0.00593. The second-order valence-corrected chi connectivity index (χ2v) is 6.90. The fourth-order valence-corrected chi connectivity index (χ4v) is 3.86. The zero-order valence-corrected chi connectivity index (χ0v) is 14.6. The van der Waals surface area contributed by atoms with Gasteiger partial charge in [0.25, 0.3) is 5.91 Å². The average molecular weight is 329 g/mol. The Hall–Kier alpha value is -1.99. The second-order valence-electron chi connectivity index (χ2n) is 6.90. The number of aromatic nitrogens is 3. The Balaban J connectivity index is 1.70. The van der Waals surface area contributed by atoms with E-state index in [2.05, 4.69) is 22.0 Å². The van der Waals surface area contributed by atoms with E-state index in [0.29, 0.717) is 24.3 Å². The summed E-state index contributed by atoms with van der Waals surface area (Å²) in [5, 5.41) is 4.52. The zero-order valence-electron chi connectivity index (χ0n) is 14.6. The Kier molecular flexibility index (Phi) is 3.58. The van der Waals surface area contributed by atoms with Crippen LogP contribution in [0.3, 0.4) is 0 Å². The number of fused-ring (bicyclic) bond motifs is 2. The number of likely N-dealkylation sites (N-methyl/N-ethyl adjacent to an activating group) is 1. The van der Waals surface area contributed by atoms with Gasteiger partial charge in [-0.05, 0) is 33.9 Å². The molecule has 128 valence electrons. The fraction of sp³-hybridized carbons (Fsp3) is 0.588. The molecule has 2 saturated heterocycles. The van der Waals surface area contributed by atoms with Gasteiger partial charge in [-0.3, -0.25) is 9.69 Å². The minimum absolute atomic E-state index is 0.00593. The highest BCUT2D eigenvalue weighted by atomic mass is 16.5. The SMILES string of the molecule is Cc1cc(C)n2nc(C)c(C(=O)N3C[C@H]4OCCN(C)[C@H]4C3)c2n1. The van der Waals surface area contributed by atoms with Gasteiger partial charge in [0.05, 0.1) is 24.4 Å². The van der Waals surface area contributed by atoms with Crippen LogP contribution in [0, 0.1) is 20.8 Å². The molecule has 2 aliphatic heterocycles. The van der Waals surface area contributed by atoms with Gasteiger partial charge in [0, 0.05) is 31.0 Å². The van der Waals surface area contributed by atoms with Crippen molar-refractivity contribution in [2.45, 2.75) is 32.9 Å². The lowest BCUT2D eigenvalue weighted by molar-refractivity contribution is -0.0368. The number of hydrogen-bond donors (Lipinski definition) is 0. The van der Waals surface area contributed by atoms with E-state index in [9.17, 15) is 4.79 Å². The highest BCUT2D eigenvalue weighted by Gasteiger charge is 2.41. The Morgan fingerprint density at radius 2 is 2.08 bits per heavy atom. The van der Waals surface area contributed by atoms with Gasteiger partial charge >= 0.3 is 0 Å². The second kappa shape index (κ2) is 5.53. The lowest BCUT2D eigenvalue weighted by Crippen LogP contribution is -2.48. The molecule has 2 aromatic heterocycles. The number of amides is 1. The Morgan fingerprint density at radius 3 is 2.83 bits per heavy atom. The van der Waals surface area contributed by atoms with Gasteiger partial charge in [0.2, 0.25) is 0 Å². The van der Waals surface area contributed by atoms with Crippen LogP contribution < -0.4 is 0 Å². The molecule has 4 rings (SSSR count). The van der Waals surface area contributed by atoms with Crippen molar-refractivity contribution in [3.05, 3.63) is 28.7 Å². The summed E-state index contributed by atoms with van der Waals surface area (Å²) in [5.41, 5.74) is 3.87. The van der Waals surface area contributed by atoms with Crippen molar-refractivity contribution in [3.8, 4) is 0 Å². The summed E-state index contributed by atoms with van der Waals surface area (Å²) in [5.74, 6) is 0.00593. The van der Waals surface area contributed by atoms with Crippen LogP contribution in [-0.4, -0.2) is 75.7 Å². The molecule has 2 aliphatic rings. The van der Waals surface area contributed by atoms with Crippen LogP contribution in [0.4, 0.5) is 0 Å². The Morgan fingerprint density at radius 1 is 1.29 bits per heavy atom. The van der Waals surface area contributed by atoms with Gasteiger partial charge in [0.1, 0.15) is 5.56 Å². The maximum Gasteiger partial charge on any atom is 0.259 e. The summed E-state index contributed by atoms with van der Waals surface area (Å²) in [6.07, 6.45) is 0.103. The van der Waals surface area contributed by atoms with Crippen LogP contribution in [0.15, 0.2) is 6.07 Å². The molecule has 2 atom stereocenters. The third-order valence-electron chi connectivity index (χ3n) is 5.15. The van der Waals surface area contributed by atoms with Crippen LogP contribution >= 0.6 is 0 Å². The monoisotopic (exact) mass is 329 g/mol. The number of carbonyl (C=O) groups is 1. The molecular weight excluding hydrogens is 306 g/mol. The number of likely N-dealkylation sites (tertiary alicyclic amines) is 1. The predicted molar refractivity (Wildman–Crippen MR) is 89.3 cm³/mol. The summed E-state index contributed by atoms with van der Waals surface area (Å²) in [4.78, 5) is 21.9. The maximum absolute atomic E-state index is 13.2. The van der Waals surface area contributed by atoms with E-state index in [1.165, 1.54) is 0 Å². The van der Waals surface area contributed by atoms with Crippen molar-refractivity contribution in [1.82, 2.24) is 24.4 Å². The molecule has 24 heavy (non-hydrogen) atoms. The molecule has 4 heterocycles. The molecule has 1 amide bonds. The smallest absolute Gasteiger partial charge is 0.259 e. The summed E-state index contributed by atoms with van der Waals surface area (Å²) in [7, 11) is 2.10. The Bertz CT molecular complexity index is 815. The first kappa shape index (κ1) is 15.5. The van der Waals surface area contributed by atoms with Gasteiger partial charge in [-0.2, -0.15) is 5.10 Å². The lowest BCUT2D eigenvalue weighted by atomic mass is 10.1. The largest absolute Gasteiger partial charge is 0.373 e. The van der Waals surface area contributed by atoms with Gasteiger partial charge in [-0.1, -0.05) is 0 Å². The standard InChI is InChI=1S/C17H23N5O2/c1-10-7-11(2)22-16(18-10)15(12(3)19-22)17(23)21-8-13-14(9-21)24-6-5-20(13)4/h7,13-14H,5-6,8-9H2,1-4H3/t13-,14+/m0/s1. The van der Waals surface area contributed by atoms with E-state index in [4.69, 9.17) is 4.74 Å². The van der Waals surface area contributed by atoms with Crippen molar-refractivity contribution in [3.63, 3.8) is 0 Å². The average Bonchev–Trinajstić information content (AvgIpc) is 3.09. The molecule has 0 aliphatic carbocycles. The third-order valence-corrected chi connectivity index (χ3v) is 5.15. The molecule has 0 spiro atoms. The summed E-state index contributed by atoms with van der Waals surface area (Å²) >= 11 is 0. The molecule has 0 aromatic carbocycles. The Labute approximate surface area is 141 Å². The number of nitrogens with zero attached hydrogens (tertiary/aromatic N) is 5. The number of morpholine rings is 1. The van der Waals surface area contributed by atoms with Gasteiger partial charge < -0.3 is 9.64 Å². The number of ether oxygens (including phenoxy) is 1. The lowest BCUT2D eigenvalue weighted by Gasteiger charge is -2.33. The molecule has 0 radical (unpaired) electrons. The number of carbonyl (C=O) groups excluding carboxylic acids is 1. The van der Waals surface area contributed by atoms with E-state index in [1.54, 1.807) is 4.52 Å². The van der Waals surface area contributed by atoms with E-state index in [0.717, 1.165) is 30.2 Å². The van der Waals surface area contributed by atoms with Crippen LogP contribution in [0.1, 0.15) is 27.4 Å². The first-order chi connectivity index (χ1) is 11.5. The van der Waals surface area contributed by atoms with Crippen LogP contribution in [-0.2, 0) is 4.74 Å². The topological polar surface area (TPSA) is 63.0 Å². The van der Waals surface area contributed by atoms with Crippen molar-refractivity contribution in [1.29, 1.82) is 0 Å². The van der Waals surface area contributed by atoms with E-state index < -0.39 is 0 Å². The molecule has 0 saturated carbocycles. The minimum Gasteiger partial charge on any atom is -0.373 e. The van der Waals surface area contributed by atoms with E-state index in [-0.39, 0.29) is 18.1 Å². The molecule has 0 N–H and O–H groups in total. The highest BCUT2D eigenvalue weighted by molar-refractivity contribution is 6.01. The predicted octanol–water partition coefficient (Wildman–Crippen LogP) is 0.810. The molecule has 7 nitrogen and oxygen atoms in total. The molecule has 2 aromatic rings. The van der Waals surface area contributed by atoms with Gasteiger partial charge in [-0.25, -0.2) is 9.50 Å². The third kappa shape index (κ3) is 2.31. The van der Waals surface area contributed by atoms with Crippen molar-refractivity contribution >= 4 is 11.6 Å². The van der Waals surface area contributed by atoms with Crippen LogP contribution in [0.5, 0.6) is 0 Å². The van der Waals surface area contributed by atoms with E-state index in [1.807, 2.05) is 31.7 Å². The fourth-order valence-electron chi connectivity index (χ4n) is 3.86. The van der Waals surface area contributed by atoms with Crippen molar-refractivity contribution in [2.24, 2.45) is 0 Å². The number of rotatable bonds is 1. The van der Waals surface area contributed by atoms with Crippen molar-refractivity contribution < 1.29 is 9.53 Å². The van der Waals surface area contributed by atoms with Crippen LogP contribution in [0.2, 0.25) is 0 Å². The number of aryl methyl sites for hydroxylation is 3. The van der Waals surface area contributed by atoms with E-state index >= 15 is 0 Å².